The predicted molar refractivity (Wildman–Crippen MR) is 101 cm³/mol. The Hall–Kier alpha value is -2.87. The first-order chi connectivity index (χ1) is 13.1. The number of hydrogen-bond donors (Lipinski definition) is 2. The summed E-state index contributed by atoms with van der Waals surface area (Å²) in [6.45, 7) is 6.41. The highest BCUT2D eigenvalue weighted by atomic mass is 35.5. The van der Waals surface area contributed by atoms with Crippen LogP contribution in [0.2, 0.25) is 5.02 Å². The van der Waals surface area contributed by atoms with Gasteiger partial charge in [0.25, 0.3) is 5.91 Å². The third-order valence-electron chi connectivity index (χ3n) is 3.96. The summed E-state index contributed by atoms with van der Waals surface area (Å²) in [5.74, 6) is -2.82. The van der Waals surface area contributed by atoms with Crippen LogP contribution >= 0.6 is 11.6 Å². The number of benzene rings is 1. The Morgan fingerprint density at radius 1 is 1.25 bits per heavy atom. The largest absolute Gasteiger partial charge is 0.462 e. The van der Waals surface area contributed by atoms with Crippen LogP contribution in [0.4, 0.5) is 10.1 Å². The first-order valence-electron chi connectivity index (χ1n) is 8.48. The van der Waals surface area contributed by atoms with Gasteiger partial charge in [-0.05, 0) is 51.5 Å². The lowest BCUT2D eigenvalue weighted by atomic mass is 10.1. The molecule has 1 amide bonds. The number of amides is 1. The molecule has 2 aromatic rings. The van der Waals surface area contributed by atoms with E-state index in [0.29, 0.717) is 11.3 Å². The van der Waals surface area contributed by atoms with Crippen molar-refractivity contribution in [1.82, 2.24) is 4.98 Å². The number of H-pyrrole nitrogens is 1. The zero-order chi connectivity index (χ0) is 21.0. The van der Waals surface area contributed by atoms with Gasteiger partial charge in [-0.25, -0.2) is 14.0 Å². The average Bonchev–Trinajstić information content (AvgIpc) is 2.92. The van der Waals surface area contributed by atoms with E-state index in [1.165, 1.54) is 19.1 Å². The molecule has 0 fully saturated rings. The van der Waals surface area contributed by atoms with E-state index in [9.17, 15) is 18.8 Å². The number of hydrogen-bond acceptors (Lipinski definition) is 5. The molecule has 28 heavy (non-hydrogen) atoms. The second-order valence-corrected chi connectivity index (χ2v) is 6.44. The maximum atomic E-state index is 13.8. The summed E-state index contributed by atoms with van der Waals surface area (Å²) in [6, 6.07) is 3.77. The normalized spacial score (nSPS) is 11.6. The highest BCUT2D eigenvalue weighted by Crippen LogP contribution is 2.21. The summed E-state index contributed by atoms with van der Waals surface area (Å²) in [4.78, 5) is 39.4. The number of anilines is 1. The first kappa shape index (κ1) is 21.4. The molecule has 0 aliphatic carbocycles. The number of aromatic nitrogens is 1. The molecule has 0 bridgehead atoms. The number of esters is 2. The molecule has 0 aliphatic rings. The van der Waals surface area contributed by atoms with Gasteiger partial charge in [-0.2, -0.15) is 0 Å². The Morgan fingerprint density at radius 2 is 1.93 bits per heavy atom. The van der Waals surface area contributed by atoms with Crippen molar-refractivity contribution >= 4 is 35.1 Å². The second kappa shape index (κ2) is 8.88. The van der Waals surface area contributed by atoms with Crippen LogP contribution < -0.4 is 5.32 Å². The molecular formula is C19H20ClFN2O5. The summed E-state index contributed by atoms with van der Waals surface area (Å²) in [7, 11) is 0. The van der Waals surface area contributed by atoms with Crippen LogP contribution in [-0.2, 0) is 14.3 Å². The molecule has 0 spiro atoms. The lowest BCUT2D eigenvalue weighted by Gasteiger charge is -2.14. The van der Waals surface area contributed by atoms with Crippen LogP contribution in [0.15, 0.2) is 18.2 Å². The summed E-state index contributed by atoms with van der Waals surface area (Å²) in [5.41, 5.74) is 1.00. The minimum atomic E-state index is -1.21. The topological polar surface area (TPSA) is 97.5 Å². The molecule has 0 saturated heterocycles. The van der Waals surface area contributed by atoms with Crippen molar-refractivity contribution in [2.24, 2.45) is 0 Å². The molecule has 9 heteroatoms. The van der Waals surface area contributed by atoms with Gasteiger partial charge >= 0.3 is 11.9 Å². The molecule has 2 rings (SSSR count). The molecule has 1 unspecified atom stereocenters. The minimum absolute atomic E-state index is 0.0397. The molecule has 0 aliphatic heterocycles. The van der Waals surface area contributed by atoms with Gasteiger partial charge in [-0.3, -0.25) is 4.79 Å². The van der Waals surface area contributed by atoms with E-state index in [1.54, 1.807) is 20.8 Å². The molecule has 1 atom stereocenters. The molecule has 0 radical (unpaired) electrons. The number of nitrogens with one attached hydrogen (secondary N) is 2. The van der Waals surface area contributed by atoms with Crippen LogP contribution in [0, 0.1) is 19.7 Å². The molecule has 1 aromatic carbocycles. The van der Waals surface area contributed by atoms with Crippen molar-refractivity contribution in [3.05, 3.63) is 51.6 Å². The molecule has 150 valence electrons. The van der Waals surface area contributed by atoms with Crippen molar-refractivity contribution in [2.75, 3.05) is 11.9 Å². The van der Waals surface area contributed by atoms with Crippen molar-refractivity contribution in [1.29, 1.82) is 0 Å². The molecule has 0 saturated carbocycles. The van der Waals surface area contributed by atoms with E-state index >= 15 is 0 Å². The molecule has 1 heterocycles. The summed E-state index contributed by atoms with van der Waals surface area (Å²) in [6.07, 6.45) is -1.21. The number of aryl methyl sites for hydroxylation is 1. The Kier molecular flexibility index (Phi) is 6.80. The summed E-state index contributed by atoms with van der Waals surface area (Å²) < 4.78 is 23.9. The Balaban J connectivity index is 2.10. The van der Waals surface area contributed by atoms with Crippen molar-refractivity contribution in [3.8, 4) is 0 Å². The van der Waals surface area contributed by atoms with Crippen LogP contribution in [0.5, 0.6) is 0 Å². The van der Waals surface area contributed by atoms with Crippen molar-refractivity contribution < 1.29 is 28.2 Å². The van der Waals surface area contributed by atoms with Gasteiger partial charge in [0.2, 0.25) is 0 Å². The zero-order valence-corrected chi connectivity index (χ0v) is 16.6. The maximum absolute atomic E-state index is 13.8. The third kappa shape index (κ3) is 4.69. The fourth-order valence-corrected chi connectivity index (χ4v) is 2.72. The van der Waals surface area contributed by atoms with Gasteiger partial charge < -0.3 is 19.8 Å². The van der Waals surface area contributed by atoms with Crippen LogP contribution in [0.3, 0.4) is 0 Å². The maximum Gasteiger partial charge on any atom is 0.355 e. The summed E-state index contributed by atoms with van der Waals surface area (Å²) >= 11 is 5.67. The first-order valence-corrected chi connectivity index (χ1v) is 8.86. The van der Waals surface area contributed by atoms with E-state index in [2.05, 4.69) is 10.3 Å². The van der Waals surface area contributed by atoms with E-state index in [4.69, 9.17) is 21.1 Å². The Bertz CT molecular complexity index is 925. The smallest absolute Gasteiger partial charge is 0.355 e. The third-order valence-corrected chi connectivity index (χ3v) is 4.20. The van der Waals surface area contributed by atoms with E-state index in [0.717, 1.165) is 6.07 Å². The van der Waals surface area contributed by atoms with Crippen LogP contribution in [0.25, 0.3) is 0 Å². The van der Waals surface area contributed by atoms with Crippen molar-refractivity contribution in [2.45, 2.75) is 33.8 Å². The monoisotopic (exact) mass is 410 g/mol. The van der Waals surface area contributed by atoms with Gasteiger partial charge in [-0.1, -0.05) is 11.6 Å². The number of aromatic amines is 1. The van der Waals surface area contributed by atoms with Gasteiger partial charge in [0.1, 0.15) is 11.5 Å². The fourth-order valence-electron chi connectivity index (χ4n) is 2.56. The van der Waals surface area contributed by atoms with Crippen LogP contribution in [0.1, 0.15) is 46.0 Å². The van der Waals surface area contributed by atoms with Gasteiger partial charge in [0.05, 0.1) is 17.9 Å². The number of carbonyl (C=O) groups is 3. The van der Waals surface area contributed by atoms with E-state index in [-0.39, 0.29) is 28.6 Å². The number of rotatable bonds is 6. The number of halogens is 2. The fraction of sp³-hybridized carbons (Fsp3) is 0.316. The molecule has 2 N–H and O–H groups in total. The van der Waals surface area contributed by atoms with Crippen molar-refractivity contribution in [3.63, 3.8) is 0 Å². The highest BCUT2D eigenvalue weighted by Gasteiger charge is 2.26. The average molecular weight is 411 g/mol. The quantitative estimate of drug-likeness (QED) is 0.706. The molecular weight excluding hydrogens is 391 g/mol. The van der Waals surface area contributed by atoms with Gasteiger partial charge in [0.15, 0.2) is 6.10 Å². The zero-order valence-electron chi connectivity index (χ0n) is 15.8. The minimum Gasteiger partial charge on any atom is -0.462 e. The number of ether oxygens (including phenoxy) is 2. The lowest BCUT2D eigenvalue weighted by molar-refractivity contribution is -0.123. The summed E-state index contributed by atoms with van der Waals surface area (Å²) in [5, 5.41) is 2.51. The standard InChI is InChI=1S/C19H20ClFN2O5/c1-5-27-18(25)15-9(2)16(22-10(15)3)19(26)28-11(4)17(24)23-14-7-6-12(20)8-13(14)21/h6-8,11,22H,5H2,1-4H3,(H,23,24). The van der Waals surface area contributed by atoms with Gasteiger partial charge in [-0.15, -0.1) is 0 Å². The predicted octanol–water partition coefficient (Wildman–Crippen LogP) is 3.78. The van der Waals surface area contributed by atoms with Crippen LogP contribution in [-0.4, -0.2) is 35.5 Å². The van der Waals surface area contributed by atoms with E-state index < -0.39 is 29.8 Å². The highest BCUT2D eigenvalue weighted by molar-refractivity contribution is 6.30. The second-order valence-electron chi connectivity index (χ2n) is 6.01. The lowest BCUT2D eigenvalue weighted by Crippen LogP contribution is -2.30. The van der Waals surface area contributed by atoms with E-state index in [1.807, 2.05) is 0 Å². The molecule has 1 aromatic heterocycles. The molecule has 7 nitrogen and oxygen atoms in total. The SMILES string of the molecule is CCOC(=O)c1c(C)[nH]c(C(=O)OC(C)C(=O)Nc2ccc(Cl)cc2F)c1C. The Labute approximate surface area is 166 Å². The Morgan fingerprint density at radius 3 is 2.54 bits per heavy atom. The number of carbonyl (C=O) groups excluding carboxylic acids is 3. The van der Waals surface area contributed by atoms with Gasteiger partial charge in [0, 0.05) is 10.7 Å².